The third kappa shape index (κ3) is 3.30. The minimum absolute atomic E-state index is 0.223. The third-order valence-corrected chi connectivity index (χ3v) is 4.68. The predicted molar refractivity (Wildman–Crippen MR) is 110 cm³/mol. The van der Waals surface area contributed by atoms with E-state index in [2.05, 4.69) is 15.3 Å². The summed E-state index contributed by atoms with van der Waals surface area (Å²) >= 11 is 0. The van der Waals surface area contributed by atoms with Crippen LogP contribution in [0.4, 0.5) is 0 Å². The Labute approximate surface area is 162 Å². The number of nitrogens with zero attached hydrogens (tertiary/aromatic N) is 1. The van der Waals surface area contributed by atoms with Gasteiger partial charge in [0.1, 0.15) is 11.4 Å². The summed E-state index contributed by atoms with van der Waals surface area (Å²) in [5, 5.41) is 4.87. The maximum atomic E-state index is 12.6. The van der Waals surface area contributed by atoms with Crippen LogP contribution in [0.25, 0.3) is 33.1 Å². The van der Waals surface area contributed by atoms with Crippen molar-refractivity contribution in [3.05, 3.63) is 60.3 Å². The number of rotatable bonds is 6. The number of aromatic nitrogens is 2. The molecular weight excluding hydrogens is 354 g/mol. The molecule has 6 nitrogen and oxygen atoms in total. The van der Waals surface area contributed by atoms with Crippen LogP contribution >= 0.6 is 0 Å². The fourth-order valence-electron chi connectivity index (χ4n) is 3.28. The summed E-state index contributed by atoms with van der Waals surface area (Å²) in [5.41, 5.74) is 3.92. The Bertz CT molecular complexity index is 1130. The highest BCUT2D eigenvalue weighted by atomic mass is 16.5. The molecule has 0 spiro atoms. The molecule has 2 N–H and O–H groups in total. The molecule has 28 heavy (non-hydrogen) atoms. The monoisotopic (exact) mass is 375 g/mol. The topological polar surface area (TPSA) is 76.2 Å². The molecule has 4 aromatic rings. The predicted octanol–water partition coefficient (Wildman–Crippen LogP) is 3.77. The zero-order chi connectivity index (χ0) is 19.5. The largest absolute Gasteiger partial charge is 0.497 e. The summed E-state index contributed by atoms with van der Waals surface area (Å²) < 4.78 is 10.3. The number of H-pyrrole nitrogens is 1. The summed E-state index contributed by atoms with van der Waals surface area (Å²) in [6, 6.07) is 17.5. The van der Waals surface area contributed by atoms with Crippen LogP contribution in [0.1, 0.15) is 10.5 Å². The number of fused-ring (bicyclic) bond motifs is 3. The number of carbonyl (C=O) groups excluding carboxylic acids is 1. The minimum atomic E-state index is -0.223. The van der Waals surface area contributed by atoms with Gasteiger partial charge in [0.15, 0.2) is 0 Å². The Hall–Kier alpha value is -3.38. The Morgan fingerprint density at radius 3 is 2.61 bits per heavy atom. The minimum Gasteiger partial charge on any atom is -0.497 e. The third-order valence-electron chi connectivity index (χ3n) is 4.68. The van der Waals surface area contributed by atoms with E-state index in [4.69, 9.17) is 9.47 Å². The van der Waals surface area contributed by atoms with Crippen LogP contribution in [0, 0.1) is 0 Å². The number of nitrogens with one attached hydrogen (secondary N) is 2. The highest BCUT2D eigenvalue weighted by molar-refractivity contribution is 6.13. The number of hydrogen-bond acceptors (Lipinski definition) is 4. The van der Waals surface area contributed by atoms with Gasteiger partial charge in [-0.2, -0.15) is 0 Å². The standard InChI is InChI=1S/C22H21N3O3/c1-27-12-11-23-22(26)19-13-17-16-5-3-4-6-18(16)24-21(17)20(25-19)14-7-9-15(28-2)10-8-14/h3-10,13,24H,11-12H2,1-2H3,(H,23,26). The molecule has 0 fully saturated rings. The van der Waals surface area contributed by atoms with Gasteiger partial charge in [0.2, 0.25) is 0 Å². The number of ether oxygens (including phenoxy) is 2. The molecule has 1 amide bonds. The van der Waals surface area contributed by atoms with Crippen LogP contribution in [0.3, 0.4) is 0 Å². The lowest BCUT2D eigenvalue weighted by molar-refractivity contribution is 0.0932. The molecule has 0 aliphatic rings. The quantitative estimate of drug-likeness (QED) is 0.503. The van der Waals surface area contributed by atoms with E-state index in [9.17, 15) is 4.79 Å². The molecule has 2 aromatic heterocycles. The number of carbonyl (C=O) groups is 1. The van der Waals surface area contributed by atoms with E-state index in [1.165, 1.54) is 0 Å². The van der Waals surface area contributed by atoms with Crippen molar-refractivity contribution in [2.45, 2.75) is 0 Å². The Morgan fingerprint density at radius 1 is 1.07 bits per heavy atom. The normalized spacial score (nSPS) is 11.1. The summed E-state index contributed by atoms with van der Waals surface area (Å²) in [6.07, 6.45) is 0. The van der Waals surface area contributed by atoms with E-state index in [1.807, 2.05) is 54.6 Å². The zero-order valence-electron chi connectivity index (χ0n) is 15.8. The van der Waals surface area contributed by atoms with Gasteiger partial charge in [0.05, 0.1) is 24.9 Å². The van der Waals surface area contributed by atoms with E-state index in [1.54, 1.807) is 14.2 Å². The summed E-state index contributed by atoms with van der Waals surface area (Å²) in [7, 11) is 3.23. The SMILES string of the molecule is COCCNC(=O)c1cc2c([nH]c3ccccc32)c(-c2ccc(OC)cc2)n1. The van der Waals surface area contributed by atoms with E-state index < -0.39 is 0 Å². The maximum Gasteiger partial charge on any atom is 0.270 e. The number of hydrogen-bond donors (Lipinski definition) is 2. The fourth-order valence-corrected chi connectivity index (χ4v) is 3.28. The van der Waals surface area contributed by atoms with Crippen molar-refractivity contribution in [2.75, 3.05) is 27.4 Å². The van der Waals surface area contributed by atoms with Crippen molar-refractivity contribution in [2.24, 2.45) is 0 Å². The second kappa shape index (κ2) is 7.70. The molecule has 0 aliphatic heterocycles. The number of pyridine rings is 1. The lowest BCUT2D eigenvalue weighted by Crippen LogP contribution is -2.27. The van der Waals surface area contributed by atoms with Crippen molar-refractivity contribution in [1.82, 2.24) is 15.3 Å². The Morgan fingerprint density at radius 2 is 1.86 bits per heavy atom. The molecule has 0 unspecified atom stereocenters. The van der Waals surface area contributed by atoms with Gasteiger partial charge in [-0.05, 0) is 36.4 Å². The number of benzene rings is 2. The number of methoxy groups -OCH3 is 2. The number of aromatic amines is 1. The maximum absolute atomic E-state index is 12.6. The van der Waals surface area contributed by atoms with Gasteiger partial charge in [0.25, 0.3) is 5.91 Å². The van der Waals surface area contributed by atoms with E-state index >= 15 is 0 Å². The zero-order valence-corrected chi connectivity index (χ0v) is 15.8. The lowest BCUT2D eigenvalue weighted by Gasteiger charge is -2.09. The average molecular weight is 375 g/mol. The Kier molecular flexibility index (Phi) is 4.95. The lowest BCUT2D eigenvalue weighted by atomic mass is 10.1. The van der Waals surface area contributed by atoms with Crippen molar-refractivity contribution in [3.63, 3.8) is 0 Å². The van der Waals surface area contributed by atoms with Crippen LogP contribution in [-0.2, 0) is 4.74 Å². The van der Waals surface area contributed by atoms with Gasteiger partial charge in [0, 0.05) is 35.5 Å². The molecule has 2 aromatic carbocycles. The van der Waals surface area contributed by atoms with Gasteiger partial charge >= 0.3 is 0 Å². The van der Waals surface area contributed by atoms with Crippen LogP contribution in [0.15, 0.2) is 54.6 Å². The number of para-hydroxylation sites is 1. The molecule has 0 aliphatic carbocycles. The van der Waals surface area contributed by atoms with Gasteiger partial charge in [-0.1, -0.05) is 18.2 Å². The first kappa shape index (κ1) is 18.0. The molecule has 0 bridgehead atoms. The average Bonchev–Trinajstić information content (AvgIpc) is 3.12. The first-order valence-electron chi connectivity index (χ1n) is 9.04. The van der Waals surface area contributed by atoms with E-state index in [0.717, 1.165) is 38.8 Å². The molecule has 0 saturated carbocycles. The van der Waals surface area contributed by atoms with Gasteiger partial charge in [-0.3, -0.25) is 4.79 Å². The van der Waals surface area contributed by atoms with E-state index in [0.29, 0.717) is 18.8 Å². The molecule has 142 valence electrons. The van der Waals surface area contributed by atoms with Crippen molar-refractivity contribution in [3.8, 4) is 17.0 Å². The molecule has 0 saturated heterocycles. The highest BCUT2D eigenvalue weighted by Crippen LogP contribution is 2.33. The smallest absolute Gasteiger partial charge is 0.270 e. The molecule has 6 heteroatoms. The Balaban J connectivity index is 1.88. The summed E-state index contributed by atoms with van der Waals surface area (Å²) in [5.74, 6) is 0.545. The van der Waals surface area contributed by atoms with E-state index in [-0.39, 0.29) is 5.91 Å². The summed E-state index contributed by atoms with van der Waals surface area (Å²) in [6.45, 7) is 0.882. The highest BCUT2D eigenvalue weighted by Gasteiger charge is 2.17. The fraction of sp³-hybridized carbons (Fsp3) is 0.182. The van der Waals surface area contributed by atoms with Crippen LogP contribution in [0.2, 0.25) is 0 Å². The van der Waals surface area contributed by atoms with Crippen LogP contribution < -0.4 is 10.1 Å². The van der Waals surface area contributed by atoms with Crippen molar-refractivity contribution >= 4 is 27.7 Å². The second-order valence-electron chi connectivity index (χ2n) is 6.43. The molecule has 4 rings (SSSR count). The van der Waals surface area contributed by atoms with Crippen molar-refractivity contribution in [1.29, 1.82) is 0 Å². The molecule has 2 heterocycles. The van der Waals surface area contributed by atoms with Gasteiger partial charge in [-0.15, -0.1) is 0 Å². The van der Waals surface area contributed by atoms with Crippen molar-refractivity contribution < 1.29 is 14.3 Å². The van der Waals surface area contributed by atoms with Gasteiger partial charge < -0.3 is 19.8 Å². The molecular formula is C22H21N3O3. The van der Waals surface area contributed by atoms with Crippen LogP contribution in [-0.4, -0.2) is 43.2 Å². The molecule has 0 radical (unpaired) electrons. The second-order valence-corrected chi connectivity index (χ2v) is 6.43. The first-order chi connectivity index (χ1) is 13.7. The molecule has 0 atom stereocenters. The van der Waals surface area contributed by atoms with Gasteiger partial charge in [-0.25, -0.2) is 4.98 Å². The summed E-state index contributed by atoms with van der Waals surface area (Å²) in [4.78, 5) is 20.8. The van der Waals surface area contributed by atoms with Crippen LogP contribution in [0.5, 0.6) is 5.75 Å². The number of amides is 1. The first-order valence-corrected chi connectivity index (χ1v) is 9.04.